The fourth-order valence-corrected chi connectivity index (χ4v) is 4.03. The van der Waals surface area contributed by atoms with Crippen molar-refractivity contribution in [3.8, 4) is 11.3 Å². The third-order valence-electron chi connectivity index (χ3n) is 4.51. The second kappa shape index (κ2) is 6.14. The summed E-state index contributed by atoms with van der Waals surface area (Å²) < 4.78 is 39.4. The summed E-state index contributed by atoms with van der Waals surface area (Å²) in [4.78, 5) is 25.3. The van der Waals surface area contributed by atoms with Gasteiger partial charge in [0.15, 0.2) is 10.1 Å². The van der Waals surface area contributed by atoms with Crippen LogP contribution < -0.4 is 29.6 Å². The molecule has 1 heterocycles. The van der Waals surface area contributed by atoms with Gasteiger partial charge < -0.3 is 8.97 Å². The summed E-state index contributed by atoms with van der Waals surface area (Å²) in [6, 6.07) is 8.76. The number of aryl methyl sites for hydroxylation is 1. The van der Waals surface area contributed by atoms with Gasteiger partial charge in [-0.15, -0.1) is 0 Å². The summed E-state index contributed by atoms with van der Waals surface area (Å²) in [5.41, 5.74) is 1.14. The monoisotopic (exact) mass is 378 g/mol. The maximum atomic E-state index is 12.7. The molecule has 3 aromatic rings. The minimum absolute atomic E-state index is 0. The zero-order valence-electron chi connectivity index (χ0n) is 14.2. The fourth-order valence-electron chi connectivity index (χ4n) is 3.37. The maximum Gasteiger partial charge on any atom is 1.00 e. The molecule has 0 spiro atoms. The largest absolute Gasteiger partial charge is 1.00 e. The predicted molar refractivity (Wildman–Crippen MR) is 87.7 cm³/mol. The predicted octanol–water partition coefficient (Wildman–Crippen LogP) is 0.00374. The Morgan fingerprint density at radius 2 is 1.58 bits per heavy atom. The van der Waals surface area contributed by atoms with E-state index < -0.39 is 26.8 Å². The van der Waals surface area contributed by atoms with E-state index in [2.05, 4.69) is 0 Å². The van der Waals surface area contributed by atoms with E-state index in [0.29, 0.717) is 10.9 Å². The van der Waals surface area contributed by atoms with Gasteiger partial charge in [0.25, 0.3) is 0 Å². The summed E-state index contributed by atoms with van der Waals surface area (Å²) in [7, 11) is -4.90. The van der Waals surface area contributed by atoms with Gasteiger partial charge in [0.1, 0.15) is 5.76 Å². The number of hydrogen-bond acceptors (Lipinski definition) is 6. The Hall–Kier alpha value is -1.77. The molecule has 0 radical (unpaired) electrons. The minimum Gasteiger partial charge on any atom is -0.742 e. The molecule has 2 aromatic carbocycles. The van der Waals surface area contributed by atoms with Gasteiger partial charge in [-0.05, 0) is 36.2 Å². The van der Waals surface area contributed by atoms with E-state index in [1.807, 2.05) is 13.0 Å². The van der Waals surface area contributed by atoms with Gasteiger partial charge in [-0.3, -0.25) is 9.59 Å². The van der Waals surface area contributed by atoms with Crippen LogP contribution in [-0.4, -0.2) is 24.5 Å². The van der Waals surface area contributed by atoms with Gasteiger partial charge in [-0.1, -0.05) is 24.3 Å². The van der Waals surface area contributed by atoms with Crippen LogP contribution in [0, 0.1) is 13.8 Å². The third-order valence-corrected chi connectivity index (χ3v) is 5.36. The SMILES string of the molecule is Cc1c(S(=O)(=O)[O-])oc2c1C(=O)C(=O)c1c-2ccc2c(C)cccc12.[Na+]. The van der Waals surface area contributed by atoms with Crippen LogP contribution in [0.25, 0.3) is 22.1 Å². The van der Waals surface area contributed by atoms with Crippen LogP contribution in [0.3, 0.4) is 0 Å². The molecule has 0 unspecified atom stereocenters. The van der Waals surface area contributed by atoms with E-state index in [9.17, 15) is 22.6 Å². The maximum absolute atomic E-state index is 12.7. The number of carbonyl (C=O) groups is 2. The molecular formula is C18H11NaO6S. The van der Waals surface area contributed by atoms with Crippen molar-refractivity contribution in [2.75, 3.05) is 0 Å². The molecule has 0 saturated carbocycles. The van der Waals surface area contributed by atoms with Crippen LogP contribution >= 0.6 is 0 Å². The molecule has 6 nitrogen and oxygen atoms in total. The van der Waals surface area contributed by atoms with Gasteiger partial charge >= 0.3 is 29.6 Å². The third kappa shape index (κ3) is 2.51. The second-order valence-electron chi connectivity index (χ2n) is 5.99. The topological polar surface area (TPSA) is 104 Å². The Kier molecular flexibility index (Phi) is 4.49. The van der Waals surface area contributed by atoms with Gasteiger partial charge in [0, 0.05) is 16.7 Å². The number of ketones is 2. The first-order valence-corrected chi connectivity index (χ1v) is 8.83. The molecule has 0 atom stereocenters. The Morgan fingerprint density at radius 3 is 2.23 bits per heavy atom. The van der Waals surface area contributed by atoms with Crippen molar-refractivity contribution in [3.63, 3.8) is 0 Å². The van der Waals surface area contributed by atoms with E-state index in [0.717, 1.165) is 10.9 Å². The summed E-state index contributed by atoms with van der Waals surface area (Å²) in [6.07, 6.45) is 0. The molecule has 0 saturated heterocycles. The van der Waals surface area contributed by atoms with Crippen molar-refractivity contribution >= 4 is 32.5 Å². The fraction of sp³-hybridized carbons (Fsp3) is 0.111. The van der Waals surface area contributed by atoms with Crippen LogP contribution in [0.1, 0.15) is 31.8 Å². The second-order valence-corrected chi connectivity index (χ2v) is 7.27. The molecule has 0 fully saturated rings. The van der Waals surface area contributed by atoms with E-state index in [-0.39, 0.29) is 52.0 Å². The van der Waals surface area contributed by atoms with Crippen LogP contribution in [0.5, 0.6) is 0 Å². The van der Waals surface area contributed by atoms with Gasteiger partial charge in [-0.25, -0.2) is 8.42 Å². The van der Waals surface area contributed by atoms with Crippen molar-refractivity contribution in [1.82, 2.24) is 0 Å². The zero-order chi connectivity index (χ0) is 18.1. The number of Topliss-reactive ketones (excluding diaryl/α,β-unsaturated/α-hetero) is 2. The van der Waals surface area contributed by atoms with Crippen LogP contribution in [0.15, 0.2) is 39.8 Å². The van der Waals surface area contributed by atoms with E-state index in [4.69, 9.17) is 4.42 Å². The Morgan fingerprint density at radius 1 is 0.923 bits per heavy atom. The number of benzene rings is 2. The van der Waals surface area contributed by atoms with Crippen LogP contribution in [-0.2, 0) is 10.1 Å². The molecular weight excluding hydrogens is 367 g/mol. The van der Waals surface area contributed by atoms with E-state index >= 15 is 0 Å². The van der Waals surface area contributed by atoms with Crippen LogP contribution in [0.4, 0.5) is 0 Å². The number of furan rings is 1. The normalized spacial score (nSPS) is 13.3. The molecule has 126 valence electrons. The molecule has 1 aliphatic carbocycles. The molecule has 0 aliphatic heterocycles. The molecule has 1 aliphatic rings. The summed E-state index contributed by atoms with van der Waals surface area (Å²) in [5, 5.41) is 0.573. The van der Waals surface area contributed by atoms with Gasteiger partial charge in [0.2, 0.25) is 16.7 Å². The standard InChI is InChI=1S/C18H12O6S.Na/c1-8-4-3-5-11-10(8)6-7-12-14(11)16(20)15(19)13-9(2)18(24-17(12)13)25(21,22)23;/h3-7H,1-2H3,(H,21,22,23);/q;+1/p-1. The van der Waals surface area contributed by atoms with Crippen molar-refractivity contribution in [1.29, 1.82) is 0 Å². The van der Waals surface area contributed by atoms with Gasteiger partial charge in [-0.2, -0.15) is 0 Å². The zero-order valence-corrected chi connectivity index (χ0v) is 17.1. The van der Waals surface area contributed by atoms with Crippen molar-refractivity contribution in [2.45, 2.75) is 18.9 Å². The summed E-state index contributed by atoms with van der Waals surface area (Å²) in [5.74, 6) is -1.65. The molecule has 26 heavy (non-hydrogen) atoms. The number of rotatable bonds is 1. The Balaban J connectivity index is 0.00000196. The van der Waals surface area contributed by atoms with Crippen molar-refractivity contribution < 1.29 is 56.5 Å². The Labute approximate surface area is 171 Å². The molecule has 8 heteroatoms. The molecule has 1 aromatic heterocycles. The number of carbonyl (C=O) groups excluding carboxylic acids is 2. The molecule has 0 bridgehead atoms. The van der Waals surface area contributed by atoms with Gasteiger partial charge in [0.05, 0.1) is 5.56 Å². The van der Waals surface area contributed by atoms with Crippen LogP contribution in [0.2, 0.25) is 0 Å². The average Bonchev–Trinajstić information content (AvgIpc) is 2.90. The average molecular weight is 378 g/mol. The van der Waals surface area contributed by atoms with E-state index in [1.54, 1.807) is 24.3 Å². The minimum atomic E-state index is -4.90. The van der Waals surface area contributed by atoms with Crippen molar-refractivity contribution in [3.05, 3.63) is 52.6 Å². The molecule has 0 amide bonds. The summed E-state index contributed by atoms with van der Waals surface area (Å²) in [6.45, 7) is 3.17. The molecule has 0 N–H and O–H groups in total. The number of fused-ring (bicyclic) bond motifs is 5. The number of hydrogen-bond donors (Lipinski definition) is 0. The van der Waals surface area contributed by atoms with E-state index in [1.165, 1.54) is 6.92 Å². The molecule has 4 rings (SSSR count). The first-order valence-electron chi connectivity index (χ1n) is 7.43. The first kappa shape index (κ1) is 19.0. The smallest absolute Gasteiger partial charge is 0.742 e. The van der Waals surface area contributed by atoms with Crippen molar-refractivity contribution in [2.24, 2.45) is 0 Å². The quantitative estimate of drug-likeness (QED) is 0.335. The Bertz CT molecular complexity index is 1220. The summed E-state index contributed by atoms with van der Waals surface area (Å²) >= 11 is 0. The first-order chi connectivity index (χ1) is 11.7.